The van der Waals surface area contributed by atoms with Crippen LogP contribution in [0.4, 0.5) is 5.69 Å². The molecule has 6 heteroatoms. The van der Waals surface area contributed by atoms with Crippen LogP contribution in [0.2, 0.25) is 5.02 Å². The quantitative estimate of drug-likeness (QED) is 0.671. The van der Waals surface area contributed by atoms with Gasteiger partial charge in [0.25, 0.3) is 0 Å². The van der Waals surface area contributed by atoms with Crippen molar-refractivity contribution in [3.05, 3.63) is 28.8 Å². The molecule has 1 aromatic carbocycles. The Bertz CT molecular complexity index is 568. The summed E-state index contributed by atoms with van der Waals surface area (Å²) < 4.78 is 0. The Kier molecular flexibility index (Phi) is 3.60. The zero-order chi connectivity index (χ0) is 14.3. The molecular formula is C13H13ClN2O2S. The highest BCUT2D eigenvalue weighted by atomic mass is 35.5. The van der Waals surface area contributed by atoms with E-state index in [1.165, 1.54) is 6.07 Å². The minimum atomic E-state index is -0.356. The maximum absolute atomic E-state index is 12.2. The van der Waals surface area contributed by atoms with Crippen molar-refractivity contribution in [1.82, 2.24) is 0 Å². The zero-order valence-electron chi connectivity index (χ0n) is 10.5. The number of nitrogens with zero attached hydrogens (tertiary/aromatic N) is 1. The summed E-state index contributed by atoms with van der Waals surface area (Å²) >= 11 is 10.9. The smallest absolute Gasteiger partial charge is 0.237 e. The third-order valence-corrected chi connectivity index (χ3v) is 3.89. The third kappa shape index (κ3) is 2.24. The number of carbonyl (C=O) groups excluding carboxylic acids is 2. The van der Waals surface area contributed by atoms with Gasteiger partial charge in [-0.05, 0) is 18.2 Å². The average molecular weight is 297 g/mol. The predicted octanol–water partition coefficient (Wildman–Crippen LogP) is 2.12. The van der Waals surface area contributed by atoms with Gasteiger partial charge in [0.15, 0.2) is 0 Å². The Hall–Kier alpha value is -1.46. The molecule has 1 fully saturated rings. The Balaban J connectivity index is 2.59. The Morgan fingerprint density at radius 1 is 1.26 bits per heavy atom. The van der Waals surface area contributed by atoms with E-state index in [0.29, 0.717) is 16.3 Å². The van der Waals surface area contributed by atoms with Gasteiger partial charge in [-0.2, -0.15) is 0 Å². The lowest BCUT2D eigenvalue weighted by Gasteiger charge is -2.18. The highest BCUT2D eigenvalue weighted by Crippen LogP contribution is 2.34. The number of nitrogens with two attached hydrogens (primary N) is 1. The fourth-order valence-electron chi connectivity index (χ4n) is 2.08. The molecule has 1 saturated heterocycles. The molecule has 100 valence electrons. The van der Waals surface area contributed by atoms with E-state index >= 15 is 0 Å². The van der Waals surface area contributed by atoms with Crippen LogP contribution in [0.5, 0.6) is 0 Å². The van der Waals surface area contributed by atoms with Crippen molar-refractivity contribution in [2.75, 3.05) is 4.90 Å². The van der Waals surface area contributed by atoms with Gasteiger partial charge in [-0.25, -0.2) is 4.90 Å². The lowest BCUT2D eigenvalue weighted by atomic mass is 10.00. The van der Waals surface area contributed by atoms with Crippen molar-refractivity contribution in [1.29, 1.82) is 0 Å². The van der Waals surface area contributed by atoms with E-state index in [4.69, 9.17) is 29.6 Å². The first-order valence-corrected chi connectivity index (χ1v) is 6.60. The average Bonchev–Trinajstić information content (AvgIpc) is 2.53. The molecule has 19 heavy (non-hydrogen) atoms. The number of amides is 2. The van der Waals surface area contributed by atoms with Gasteiger partial charge in [-0.3, -0.25) is 9.59 Å². The Morgan fingerprint density at radius 2 is 1.79 bits per heavy atom. The van der Waals surface area contributed by atoms with Crippen LogP contribution in [0, 0.1) is 11.8 Å². The molecule has 1 heterocycles. The molecule has 0 saturated carbocycles. The Morgan fingerprint density at radius 3 is 2.26 bits per heavy atom. The number of carbonyl (C=O) groups is 2. The highest BCUT2D eigenvalue weighted by Gasteiger charge is 2.43. The van der Waals surface area contributed by atoms with Crippen molar-refractivity contribution in [2.24, 2.45) is 17.6 Å². The standard InChI is InChI=1S/C13H13ClN2O2S/c1-6-7(2)13(18)16(12(6)17)10-5-8(14)3-4-9(10)11(15)19/h3-7H,1-2H3,(H2,15,19). The maximum Gasteiger partial charge on any atom is 0.237 e. The molecule has 2 unspecified atom stereocenters. The lowest BCUT2D eigenvalue weighted by Crippen LogP contribution is -2.32. The van der Waals surface area contributed by atoms with E-state index < -0.39 is 0 Å². The summed E-state index contributed by atoms with van der Waals surface area (Å²) in [5, 5.41) is 0.419. The van der Waals surface area contributed by atoms with Crippen molar-refractivity contribution < 1.29 is 9.59 Å². The molecule has 0 aromatic heterocycles. The molecular weight excluding hydrogens is 284 g/mol. The number of thiocarbonyl (C=S) groups is 1. The predicted molar refractivity (Wildman–Crippen MR) is 78.2 cm³/mol. The molecule has 1 aromatic rings. The summed E-state index contributed by atoms with van der Waals surface area (Å²) in [5.74, 6) is -1.22. The number of hydrogen-bond acceptors (Lipinski definition) is 3. The van der Waals surface area contributed by atoms with Crippen LogP contribution in [0.15, 0.2) is 18.2 Å². The maximum atomic E-state index is 12.2. The number of anilines is 1. The van der Waals surface area contributed by atoms with Crippen LogP contribution in [0.3, 0.4) is 0 Å². The normalized spacial score (nSPS) is 23.0. The van der Waals surface area contributed by atoms with Crippen molar-refractivity contribution in [2.45, 2.75) is 13.8 Å². The van der Waals surface area contributed by atoms with Gasteiger partial charge in [0.05, 0.1) is 5.69 Å². The summed E-state index contributed by atoms with van der Waals surface area (Å²) in [5.41, 5.74) is 6.47. The van der Waals surface area contributed by atoms with Gasteiger partial charge in [0, 0.05) is 22.4 Å². The van der Waals surface area contributed by atoms with E-state index in [2.05, 4.69) is 0 Å². The molecule has 0 radical (unpaired) electrons. The summed E-state index contributed by atoms with van der Waals surface area (Å²) in [6.07, 6.45) is 0. The Labute approximate surface area is 121 Å². The first kappa shape index (κ1) is 14.0. The number of halogens is 1. The van der Waals surface area contributed by atoms with Crippen molar-refractivity contribution >= 4 is 46.3 Å². The minimum absolute atomic E-state index is 0.125. The SMILES string of the molecule is CC1C(=O)N(c2cc(Cl)ccc2C(N)=S)C(=O)C1C. The molecule has 1 aliphatic heterocycles. The van der Waals surface area contributed by atoms with Gasteiger partial charge in [-0.1, -0.05) is 37.7 Å². The minimum Gasteiger partial charge on any atom is -0.389 e. The van der Waals surface area contributed by atoms with E-state index in [9.17, 15) is 9.59 Å². The molecule has 0 bridgehead atoms. The molecule has 2 amide bonds. The second kappa shape index (κ2) is 4.90. The number of rotatable bonds is 2. The van der Waals surface area contributed by atoms with Crippen molar-refractivity contribution in [3.63, 3.8) is 0 Å². The van der Waals surface area contributed by atoms with Gasteiger partial charge in [0.1, 0.15) is 4.99 Å². The summed E-state index contributed by atoms with van der Waals surface area (Å²) in [6.45, 7) is 3.46. The third-order valence-electron chi connectivity index (χ3n) is 3.44. The van der Waals surface area contributed by atoms with Crippen LogP contribution in [0.1, 0.15) is 19.4 Å². The molecule has 2 atom stereocenters. The molecule has 2 rings (SSSR count). The topological polar surface area (TPSA) is 63.4 Å². The molecule has 1 aliphatic rings. The number of imide groups is 1. The fraction of sp³-hybridized carbons (Fsp3) is 0.308. The number of benzene rings is 1. The van der Waals surface area contributed by atoms with E-state index in [0.717, 1.165) is 4.90 Å². The fourth-order valence-corrected chi connectivity index (χ4v) is 2.42. The lowest BCUT2D eigenvalue weighted by molar-refractivity contribution is -0.122. The monoisotopic (exact) mass is 296 g/mol. The summed E-state index contributed by atoms with van der Waals surface area (Å²) in [6, 6.07) is 4.78. The summed E-state index contributed by atoms with van der Waals surface area (Å²) in [4.78, 5) is 25.6. The van der Waals surface area contributed by atoms with E-state index in [1.54, 1.807) is 26.0 Å². The van der Waals surface area contributed by atoms with Crippen LogP contribution in [-0.4, -0.2) is 16.8 Å². The second-order valence-corrected chi connectivity index (χ2v) is 5.49. The van der Waals surface area contributed by atoms with Crippen LogP contribution in [0.25, 0.3) is 0 Å². The van der Waals surface area contributed by atoms with E-state index in [1.807, 2.05) is 0 Å². The summed E-state index contributed by atoms with van der Waals surface area (Å²) in [7, 11) is 0. The molecule has 4 nitrogen and oxygen atoms in total. The number of hydrogen-bond donors (Lipinski definition) is 1. The van der Waals surface area contributed by atoms with Crippen molar-refractivity contribution in [3.8, 4) is 0 Å². The first-order chi connectivity index (χ1) is 8.84. The van der Waals surface area contributed by atoms with Crippen LogP contribution in [-0.2, 0) is 9.59 Å². The molecule has 2 N–H and O–H groups in total. The molecule has 0 aliphatic carbocycles. The highest BCUT2D eigenvalue weighted by molar-refractivity contribution is 7.80. The zero-order valence-corrected chi connectivity index (χ0v) is 12.1. The van der Waals surface area contributed by atoms with Crippen LogP contribution >= 0.6 is 23.8 Å². The van der Waals surface area contributed by atoms with E-state index in [-0.39, 0.29) is 28.6 Å². The van der Waals surface area contributed by atoms with Gasteiger partial charge in [-0.15, -0.1) is 0 Å². The van der Waals surface area contributed by atoms with Gasteiger partial charge >= 0.3 is 0 Å². The second-order valence-electron chi connectivity index (χ2n) is 4.61. The largest absolute Gasteiger partial charge is 0.389 e. The molecule has 0 spiro atoms. The van der Waals surface area contributed by atoms with Crippen LogP contribution < -0.4 is 10.6 Å². The van der Waals surface area contributed by atoms with Gasteiger partial charge < -0.3 is 5.73 Å². The first-order valence-electron chi connectivity index (χ1n) is 5.81. The van der Waals surface area contributed by atoms with Gasteiger partial charge in [0.2, 0.25) is 11.8 Å².